The summed E-state index contributed by atoms with van der Waals surface area (Å²) in [4.78, 5) is 10.7. The number of carboxylic acids is 1. The molecule has 0 aromatic heterocycles. The minimum Gasteiger partial charge on any atom is -0.480 e. The number of fused-ring (bicyclic) bond motifs is 1. The van der Waals surface area contributed by atoms with Crippen molar-refractivity contribution < 1.29 is 14.3 Å². The summed E-state index contributed by atoms with van der Waals surface area (Å²) in [5.41, 5.74) is 1.39. The molecule has 1 atom stereocenters. The molecule has 5 heteroatoms. The Hall–Kier alpha value is -1.10. The maximum absolute atomic E-state index is 13.1. The third kappa shape index (κ3) is 1.48. The number of halogens is 2. The molecule has 1 heterocycles. The third-order valence-corrected chi connectivity index (χ3v) is 2.81. The Bertz CT molecular complexity index is 377. The van der Waals surface area contributed by atoms with E-state index in [1.54, 1.807) is 6.07 Å². The van der Waals surface area contributed by atoms with Crippen molar-refractivity contribution in [2.45, 2.75) is 12.5 Å². The lowest BCUT2D eigenvalue weighted by atomic mass is 10.1. The summed E-state index contributed by atoms with van der Waals surface area (Å²) < 4.78 is 13.4. The SMILES string of the molecule is O=C(O)C1Cc2cc(Br)c(F)cc2N1. The summed E-state index contributed by atoms with van der Waals surface area (Å²) in [5.74, 6) is -1.31. The van der Waals surface area contributed by atoms with Crippen LogP contribution in [0.4, 0.5) is 10.1 Å². The molecule has 0 radical (unpaired) electrons. The fourth-order valence-electron chi connectivity index (χ4n) is 1.50. The molecule has 0 amide bonds. The van der Waals surface area contributed by atoms with E-state index in [1.165, 1.54) is 6.07 Å². The number of hydrogen-bond donors (Lipinski definition) is 2. The second-order valence-electron chi connectivity index (χ2n) is 3.16. The first-order chi connectivity index (χ1) is 6.58. The Morgan fingerprint density at radius 3 is 3.00 bits per heavy atom. The highest BCUT2D eigenvalue weighted by Gasteiger charge is 2.27. The van der Waals surface area contributed by atoms with Crippen LogP contribution in [0.15, 0.2) is 16.6 Å². The van der Waals surface area contributed by atoms with Gasteiger partial charge in [-0.05, 0) is 33.6 Å². The molecular formula is C9H7BrFNO2. The molecule has 1 aliphatic heterocycles. The van der Waals surface area contributed by atoms with Crippen molar-refractivity contribution in [2.75, 3.05) is 5.32 Å². The molecule has 0 fully saturated rings. The average Bonchev–Trinajstić information content (AvgIpc) is 2.48. The van der Waals surface area contributed by atoms with Gasteiger partial charge in [0.1, 0.15) is 11.9 Å². The molecule has 1 aromatic rings. The van der Waals surface area contributed by atoms with Crippen LogP contribution in [0.1, 0.15) is 5.56 Å². The molecule has 74 valence electrons. The molecule has 2 N–H and O–H groups in total. The summed E-state index contributed by atoms with van der Waals surface area (Å²) in [6.45, 7) is 0. The van der Waals surface area contributed by atoms with Gasteiger partial charge in [0, 0.05) is 12.1 Å². The Balaban J connectivity index is 2.36. The minimum atomic E-state index is -0.919. The second kappa shape index (κ2) is 3.24. The number of aliphatic carboxylic acids is 1. The van der Waals surface area contributed by atoms with Gasteiger partial charge in [-0.25, -0.2) is 9.18 Å². The molecule has 0 saturated heterocycles. The molecule has 1 aromatic carbocycles. The van der Waals surface area contributed by atoms with Gasteiger partial charge in [0.25, 0.3) is 0 Å². The first-order valence-electron chi connectivity index (χ1n) is 4.05. The van der Waals surface area contributed by atoms with Crippen LogP contribution in [0, 0.1) is 5.82 Å². The van der Waals surface area contributed by atoms with E-state index < -0.39 is 12.0 Å². The van der Waals surface area contributed by atoms with Crippen molar-refractivity contribution in [1.29, 1.82) is 0 Å². The van der Waals surface area contributed by atoms with Gasteiger partial charge in [0.15, 0.2) is 0 Å². The van der Waals surface area contributed by atoms with E-state index in [2.05, 4.69) is 21.2 Å². The molecule has 2 rings (SSSR count). The van der Waals surface area contributed by atoms with Gasteiger partial charge < -0.3 is 10.4 Å². The minimum absolute atomic E-state index is 0.365. The smallest absolute Gasteiger partial charge is 0.326 e. The van der Waals surface area contributed by atoms with Crippen LogP contribution in [0.5, 0.6) is 0 Å². The molecule has 0 saturated carbocycles. The number of benzene rings is 1. The lowest BCUT2D eigenvalue weighted by molar-refractivity contribution is -0.137. The monoisotopic (exact) mass is 259 g/mol. The summed E-state index contributed by atoms with van der Waals surface area (Å²) >= 11 is 3.06. The number of nitrogens with one attached hydrogen (secondary N) is 1. The van der Waals surface area contributed by atoms with Crippen LogP contribution < -0.4 is 5.32 Å². The highest BCUT2D eigenvalue weighted by atomic mass is 79.9. The Kier molecular flexibility index (Phi) is 2.19. The number of anilines is 1. The van der Waals surface area contributed by atoms with Crippen molar-refractivity contribution in [1.82, 2.24) is 0 Å². The van der Waals surface area contributed by atoms with E-state index in [9.17, 15) is 9.18 Å². The Morgan fingerprint density at radius 1 is 1.64 bits per heavy atom. The van der Waals surface area contributed by atoms with E-state index >= 15 is 0 Å². The van der Waals surface area contributed by atoms with Crippen molar-refractivity contribution in [2.24, 2.45) is 0 Å². The van der Waals surface area contributed by atoms with Gasteiger partial charge in [-0.3, -0.25) is 0 Å². The Morgan fingerprint density at radius 2 is 2.36 bits per heavy atom. The lowest BCUT2D eigenvalue weighted by Gasteiger charge is -2.03. The predicted octanol–water partition coefficient (Wildman–Crippen LogP) is 2.01. The van der Waals surface area contributed by atoms with E-state index in [-0.39, 0.29) is 5.82 Å². The first kappa shape index (κ1) is 9.45. The number of carbonyl (C=O) groups is 1. The Labute approximate surface area is 88.1 Å². The largest absolute Gasteiger partial charge is 0.480 e. The molecular weight excluding hydrogens is 253 g/mol. The van der Waals surface area contributed by atoms with Crippen LogP contribution in [0.2, 0.25) is 0 Å². The fraction of sp³-hybridized carbons (Fsp3) is 0.222. The highest BCUT2D eigenvalue weighted by Crippen LogP contribution is 2.30. The van der Waals surface area contributed by atoms with E-state index in [0.717, 1.165) is 5.56 Å². The first-order valence-corrected chi connectivity index (χ1v) is 4.84. The maximum atomic E-state index is 13.1. The summed E-state index contributed by atoms with van der Waals surface area (Å²) in [6.07, 6.45) is 0.392. The van der Waals surface area contributed by atoms with Crippen molar-refractivity contribution in [3.63, 3.8) is 0 Å². The van der Waals surface area contributed by atoms with Crippen molar-refractivity contribution >= 4 is 27.6 Å². The molecule has 14 heavy (non-hydrogen) atoms. The highest BCUT2D eigenvalue weighted by molar-refractivity contribution is 9.10. The van der Waals surface area contributed by atoms with E-state index in [1.807, 2.05) is 0 Å². The lowest BCUT2D eigenvalue weighted by Crippen LogP contribution is -2.26. The van der Waals surface area contributed by atoms with E-state index in [0.29, 0.717) is 16.6 Å². The van der Waals surface area contributed by atoms with Crippen LogP contribution in [0.3, 0.4) is 0 Å². The molecule has 1 aliphatic rings. The van der Waals surface area contributed by atoms with Gasteiger partial charge in [-0.1, -0.05) is 0 Å². The topological polar surface area (TPSA) is 49.3 Å². The molecule has 1 unspecified atom stereocenters. The standard InChI is InChI=1S/C9H7BrFNO2/c10-5-1-4-2-8(9(13)14)12-7(4)3-6(5)11/h1,3,8,12H,2H2,(H,13,14). The average molecular weight is 260 g/mol. The summed E-state index contributed by atoms with van der Waals surface area (Å²) in [7, 11) is 0. The zero-order chi connectivity index (χ0) is 10.3. The second-order valence-corrected chi connectivity index (χ2v) is 4.02. The van der Waals surface area contributed by atoms with Crippen LogP contribution in [-0.2, 0) is 11.2 Å². The van der Waals surface area contributed by atoms with Gasteiger partial charge in [0.2, 0.25) is 0 Å². The predicted molar refractivity (Wildman–Crippen MR) is 52.9 cm³/mol. The normalized spacial score (nSPS) is 18.9. The van der Waals surface area contributed by atoms with Gasteiger partial charge >= 0.3 is 5.97 Å². The van der Waals surface area contributed by atoms with Gasteiger partial charge in [-0.2, -0.15) is 0 Å². The van der Waals surface area contributed by atoms with Gasteiger partial charge in [-0.15, -0.1) is 0 Å². The fourth-order valence-corrected chi connectivity index (χ4v) is 1.89. The van der Waals surface area contributed by atoms with Crippen molar-refractivity contribution in [3.8, 4) is 0 Å². The molecule has 0 bridgehead atoms. The van der Waals surface area contributed by atoms with Gasteiger partial charge in [0.05, 0.1) is 4.47 Å². The molecule has 0 aliphatic carbocycles. The third-order valence-electron chi connectivity index (χ3n) is 2.20. The summed E-state index contributed by atoms with van der Waals surface area (Å²) in [6, 6.07) is 2.28. The van der Waals surface area contributed by atoms with Crippen LogP contribution >= 0.6 is 15.9 Å². The van der Waals surface area contributed by atoms with Crippen LogP contribution in [-0.4, -0.2) is 17.1 Å². The number of carboxylic acid groups (broad SMARTS) is 1. The van der Waals surface area contributed by atoms with Crippen LogP contribution in [0.25, 0.3) is 0 Å². The molecule has 3 nitrogen and oxygen atoms in total. The zero-order valence-electron chi connectivity index (χ0n) is 7.05. The quantitative estimate of drug-likeness (QED) is 0.812. The number of rotatable bonds is 1. The zero-order valence-corrected chi connectivity index (χ0v) is 8.64. The van der Waals surface area contributed by atoms with E-state index in [4.69, 9.17) is 5.11 Å². The maximum Gasteiger partial charge on any atom is 0.326 e. The van der Waals surface area contributed by atoms with Crippen molar-refractivity contribution in [3.05, 3.63) is 28.0 Å². The summed E-state index contributed by atoms with van der Waals surface area (Å²) in [5, 5.41) is 11.5. The molecule has 0 spiro atoms. The number of hydrogen-bond acceptors (Lipinski definition) is 2.